The van der Waals surface area contributed by atoms with Gasteiger partial charge >= 0.3 is 0 Å². The number of para-hydroxylation sites is 1. The Morgan fingerprint density at radius 2 is 1.79 bits per heavy atom. The normalized spacial score (nSPS) is 10.6. The number of rotatable bonds is 3. The highest BCUT2D eigenvalue weighted by atomic mass is 79.9. The number of benzene rings is 1. The second-order valence-corrected chi connectivity index (χ2v) is 5.34. The van der Waals surface area contributed by atoms with Gasteiger partial charge in [0.2, 0.25) is 5.16 Å². The number of hydrogen-bond acceptors (Lipinski definition) is 6. The number of aromatic nitrogens is 6. The van der Waals surface area contributed by atoms with E-state index in [-0.39, 0.29) is 0 Å². The maximum Gasteiger partial charge on any atom is 0.221 e. The summed E-state index contributed by atoms with van der Waals surface area (Å²) < 4.78 is 2.48. The lowest BCUT2D eigenvalue weighted by Crippen LogP contribution is -1.99. The van der Waals surface area contributed by atoms with E-state index in [1.807, 2.05) is 30.3 Å². The van der Waals surface area contributed by atoms with Crippen LogP contribution in [0.3, 0.4) is 0 Å². The minimum absolute atomic E-state index is 0.593. The Labute approximate surface area is 121 Å². The van der Waals surface area contributed by atoms with Crippen LogP contribution >= 0.6 is 27.7 Å². The highest BCUT2D eigenvalue weighted by Crippen LogP contribution is 2.23. The van der Waals surface area contributed by atoms with Crippen LogP contribution in [-0.4, -0.2) is 30.2 Å². The Morgan fingerprint density at radius 3 is 2.53 bits per heavy atom. The molecule has 1 aromatic carbocycles. The molecule has 2 heterocycles. The molecule has 0 unspecified atom stereocenters. The Hall–Kier alpha value is -1.80. The van der Waals surface area contributed by atoms with Crippen LogP contribution in [0.1, 0.15) is 0 Å². The van der Waals surface area contributed by atoms with Crippen molar-refractivity contribution in [1.29, 1.82) is 0 Å². The van der Waals surface area contributed by atoms with E-state index in [1.165, 1.54) is 11.8 Å². The average molecular weight is 335 g/mol. The molecule has 0 saturated carbocycles. The summed E-state index contributed by atoms with van der Waals surface area (Å²) in [6.07, 6.45) is 3.37. The van der Waals surface area contributed by atoms with Gasteiger partial charge in [-0.2, -0.15) is 4.68 Å². The lowest BCUT2D eigenvalue weighted by molar-refractivity contribution is 0.754. The van der Waals surface area contributed by atoms with Gasteiger partial charge in [-0.15, -0.1) is 5.10 Å². The third kappa shape index (κ3) is 2.79. The first-order chi connectivity index (χ1) is 9.33. The maximum atomic E-state index is 4.18. The van der Waals surface area contributed by atoms with E-state index < -0.39 is 0 Å². The second kappa shape index (κ2) is 5.45. The summed E-state index contributed by atoms with van der Waals surface area (Å²) in [5.74, 6) is 0. The summed E-state index contributed by atoms with van der Waals surface area (Å²) in [5, 5.41) is 12.9. The average Bonchev–Trinajstić information content (AvgIpc) is 2.90. The number of hydrogen-bond donors (Lipinski definition) is 0. The van der Waals surface area contributed by atoms with Crippen molar-refractivity contribution in [3.63, 3.8) is 0 Å². The third-order valence-corrected chi connectivity index (χ3v) is 3.46. The summed E-state index contributed by atoms with van der Waals surface area (Å²) in [6, 6.07) is 9.67. The molecule has 6 nitrogen and oxygen atoms in total. The van der Waals surface area contributed by atoms with Crippen molar-refractivity contribution in [3.05, 3.63) is 47.2 Å². The molecule has 0 fully saturated rings. The van der Waals surface area contributed by atoms with Gasteiger partial charge in [0.05, 0.1) is 10.2 Å². The Kier molecular flexibility index (Phi) is 3.51. The molecule has 0 aliphatic heterocycles. The molecule has 0 radical (unpaired) electrons. The van der Waals surface area contributed by atoms with Gasteiger partial charge in [0, 0.05) is 12.4 Å². The van der Waals surface area contributed by atoms with E-state index in [1.54, 1.807) is 17.1 Å². The van der Waals surface area contributed by atoms with Crippen molar-refractivity contribution in [2.45, 2.75) is 10.3 Å². The van der Waals surface area contributed by atoms with Gasteiger partial charge in [-0.1, -0.05) is 18.2 Å². The van der Waals surface area contributed by atoms with Gasteiger partial charge in [-0.25, -0.2) is 9.97 Å². The van der Waals surface area contributed by atoms with Crippen LogP contribution in [0, 0.1) is 0 Å². The predicted octanol–water partition coefficient (Wildman–Crippen LogP) is 2.37. The molecule has 0 spiro atoms. The fraction of sp³-hybridized carbons (Fsp3) is 0. The van der Waals surface area contributed by atoms with Crippen LogP contribution in [0.2, 0.25) is 0 Å². The van der Waals surface area contributed by atoms with Crippen LogP contribution in [0.15, 0.2) is 57.5 Å². The molecule has 0 aliphatic rings. The van der Waals surface area contributed by atoms with Crippen molar-refractivity contribution in [3.8, 4) is 5.69 Å². The van der Waals surface area contributed by atoms with E-state index in [2.05, 4.69) is 41.4 Å². The fourth-order valence-electron chi connectivity index (χ4n) is 1.41. The quantitative estimate of drug-likeness (QED) is 0.685. The van der Waals surface area contributed by atoms with Gasteiger partial charge in [-0.3, -0.25) is 0 Å². The molecule has 19 heavy (non-hydrogen) atoms. The molecule has 8 heteroatoms. The molecule has 0 atom stereocenters. The van der Waals surface area contributed by atoms with Crippen LogP contribution in [0.5, 0.6) is 0 Å². The zero-order valence-corrected chi connectivity index (χ0v) is 11.9. The van der Waals surface area contributed by atoms with E-state index in [0.717, 1.165) is 10.2 Å². The fourth-order valence-corrected chi connectivity index (χ4v) is 2.29. The SMILES string of the molecule is Brc1cnc(Sc2nnnn2-c2ccccc2)nc1. The topological polar surface area (TPSA) is 69.4 Å². The summed E-state index contributed by atoms with van der Waals surface area (Å²) in [4.78, 5) is 8.37. The number of nitrogens with zero attached hydrogens (tertiary/aromatic N) is 6. The summed E-state index contributed by atoms with van der Waals surface area (Å²) in [7, 11) is 0. The third-order valence-electron chi connectivity index (χ3n) is 2.22. The van der Waals surface area contributed by atoms with Gasteiger partial charge < -0.3 is 0 Å². The molecule has 0 saturated heterocycles. The minimum Gasteiger partial charge on any atom is -0.230 e. The monoisotopic (exact) mass is 334 g/mol. The molecule has 2 aromatic heterocycles. The summed E-state index contributed by atoms with van der Waals surface area (Å²) in [6.45, 7) is 0. The molecule has 0 N–H and O–H groups in total. The molecule has 0 aliphatic carbocycles. The molecular weight excluding hydrogens is 328 g/mol. The van der Waals surface area contributed by atoms with Gasteiger partial charge in [0.25, 0.3) is 0 Å². The van der Waals surface area contributed by atoms with Crippen LogP contribution in [-0.2, 0) is 0 Å². The van der Waals surface area contributed by atoms with Crippen molar-refractivity contribution in [2.24, 2.45) is 0 Å². The van der Waals surface area contributed by atoms with Crippen molar-refractivity contribution in [1.82, 2.24) is 30.2 Å². The van der Waals surface area contributed by atoms with Crippen molar-refractivity contribution >= 4 is 27.7 Å². The number of halogens is 1. The minimum atomic E-state index is 0.593. The van der Waals surface area contributed by atoms with E-state index in [0.29, 0.717) is 10.3 Å². The van der Waals surface area contributed by atoms with Gasteiger partial charge in [-0.05, 0) is 50.3 Å². The second-order valence-electron chi connectivity index (χ2n) is 3.49. The molecule has 0 amide bonds. The summed E-state index contributed by atoms with van der Waals surface area (Å²) in [5.41, 5.74) is 0.895. The molecule has 3 aromatic rings. The van der Waals surface area contributed by atoms with E-state index in [4.69, 9.17) is 0 Å². The Bertz CT molecular complexity index is 669. The smallest absolute Gasteiger partial charge is 0.221 e. The van der Waals surface area contributed by atoms with E-state index in [9.17, 15) is 0 Å². The molecule has 3 rings (SSSR count). The molecule has 0 bridgehead atoms. The maximum absolute atomic E-state index is 4.18. The van der Waals surface area contributed by atoms with E-state index >= 15 is 0 Å². The Morgan fingerprint density at radius 1 is 1.05 bits per heavy atom. The lowest BCUT2D eigenvalue weighted by atomic mass is 10.3. The number of tetrazole rings is 1. The zero-order valence-electron chi connectivity index (χ0n) is 9.51. The standard InChI is InChI=1S/C11H7BrN6S/c12-8-6-13-10(14-7-8)19-11-15-16-17-18(11)9-4-2-1-3-5-9/h1-7H. The Balaban J connectivity index is 1.91. The van der Waals surface area contributed by atoms with Gasteiger partial charge in [0.15, 0.2) is 5.16 Å². The van der Waals surface area contributed by atoms with Gasteiger partial charge in [0.1, 0.15) is 0 Å². The van der Waals surface area contributed by atoms with Crippen molar-refractivity contribution in [2.75, 3.05) is 0 Å². The largest absolute Gasteiger partial charge is 0.230 e. The summed E-state index contributed by atoms with van der Waals surface area (Å²) >= 11 is 4.60. The first-order valence-corrected chi connectivity index (χ1v) is 6.93. The van der Waals surface area contributed by atoms with Crippen LogP contribution in [0.4, 0.5) is 0 Å². The molecule has 94 valence electrons. The van der Waals surface area contributed by atoms with Crippen LogP contribution in [0.25, 0.3) is 5.69 Å². The predicted molar refractivity (Wildman–Crippen MR) is 73.0 cm³/mol. The zero-order chi connectivity index (χ0) is 13.1. The highest BCUT2D eigenvalue weighted by Gasteiger charge is 2.11. The molecular formula is C11H7BrN6S. The highest BCUT2D eigenvalue weighted by molar-refractivity contribution is 9.10. The van der Waals surface area contributed by atoms with Crippen LogP contribution < -0.4 is 0 Å². The lowest BCUT2D eigenvalue weighted by Gasteiger charge is -2.02. The first-order valence-electron chi connectivity index (χ1n) is 5.32. The van der Waals surface area contributed by atoms with Crippen molar-refractivity contribution < 1.29 is 0 Å². The first kappa shape index (κ1) is 12.2.